The highest BCUT2D eigenvalue weighted by Crippen LogP contribution is 2.33. The molecule has 2 aromatic rings. The monoisotopic (exact) mass is 386 g/mol. The molecule has 6 nitrogen and oxygen atoms in total. The molecule has 1 atom stereocenters. The van der Waals surface area contributed by atoms with Crippen LogP contribution in [0.2, 0.25) is 10.0 Å². The van der Waals surface area contributed by atoms with Crippen molar-refractivity contribution in [3.8, 4) is 5.75 Å². The molecule has 9 heteroatoms. The lowest BCUT2D eigenvalue weighted by Crippen LogP contribution is -2.34. The third kappa shape index (κ3) is 3.43. The second-order valence-electron chi connectivity index (χ2n) is 5.17. The van der Waals surface area contributed by atoms with Gasteiger partial charge in [-0.3, -0.25) is 9.52 Å². The number of halogens is 2. The first-order chi connectivity index (χ1) is 11.2. The van der Waals surface area contributed by atoms with Gasteiger partial charge in [-0.1, -0.05) is 23.2 Å². The summed E-state index contributed by atoms with van der Waals surface area (Å²) in [4.78, 5) is 11.6. The van der Waals surface area contributed by atoms with Gasteiger partial charge in [0.25, 0.3) is 15.9 Å². The second-order valence-corrected chi connectivity index (χ2v) is 7.73. The van der Waals surface area contributed by atoms with E-state index in [0.717, 1.165) is 0 Å². The van der Waals surface area contributed by atoms with Crippen LogP contribution in [-0.4, -0.2) is 20.4 Å². The Kier molecular flexibility index (Phi) is 4.33. The van der Waals surface area contributed by atoms with Gasteiger partial charge < -0.3 is 10.1 Å². The molecule has 126 valence electrons. The molecule has 0 saturated carbocycles. The Morgan fingerprint density at radius 1 is 1.12 bits per heavy atom. The van der Waals surface area contributed by atoms with E-state index >= 15 is 0 Å². The van der Waals surface area contributed by atoms with Gasteiger partial charge in [0.05, 0.1) is 16.3 Å². The molecule has 2 aromatic carbocycles. The van der Waals surface area contributed by atoms with Crippen molar-refractivity contribution in [2.24, 2.45) is 0 Å². The summed E-state index contributed by atoms with van der Waals surface area (Å²) in [6.07, 6.45) is -0.603. The summed E-state index contributed by atoms with van der Waals surface area (Å²) < 4.78 is 32.7. The minimum atomic E-state index is -3.88. The smallest absolute Gasteiger partial charge is 0.265 e. The lowest BCUT2D eigenvalue weighted by molar-refractivity contribution is -0.122. The third-order valence-electron chi connectivity index (χ3n) is 3.31. The summed E-state index contributed by atoms with van der Waals surface area (Å²) in [6, 6.07) is 8.61. The Labute approximate surface area is 148 Å². The van der Waals surface area contributed by atoms with Gasteiger partial charge in [0.1, 0.15) is 5.75 Å². The lowest BCUT2D eigenvalue weighted by Gasteiger charge is -2.23. The van der Waals surface area contributed by atoms with Crippen LogP contribution >= 0.6 is 23.2 Å². The molecule has 0 fully saturated rings. The minimum absolute atomic E-state index is 0.0633. The van der Waals surface area contributed by atoms with Gasteiger partial charge in [0.15, 0.2) is 6.10 Å². The van der Waals surface area contributed by atoms with Crippen LogP contribution in [0.25, 0.3) is 0 Å². The standard InChI is InChI=1S/C15H12Cl2N2O4S/c1-8-15(20)18-13-7-11(2-3-14(13)23-8)19-24(21,22)12-5-9(16)4-10(17)6-12/h2-8,19H,1H3,(H,18,20)/t8-/m1/s1. The van der Waals surface area contributed by atoms with Gasteiger partial charge in [-0.2, -0.15) is 0 Å². The minimum Gasteiger partial charge on any atom is -0.479 e. The summed E-state index contributed by atoms with van der Waals surface area (Å²) in [5, 5.41) is 3.07. The molecule has 0 aromatic heterocycles. The lowest BCUT2D eigenvalue weighted by atomic mass is 10.2. The van der Waals surface area contributed by atoms with Gasteiger partial charge in [0, 0.05) is 10.0 Å². The van der Waals surface area contributed by atoms with E-state index in [9.17, 15) is 13.2 Å². The molecule has 0 saturated heterocycles. The number of fused-ring (bicyclic) bond motifs is 1. The number of hydrogen-bond acceptors (Lipinski definition) is 4. The Morgan fingerprint density at radius 3 is 2.46 bits per heavy atom. The predicted octanol–water partition coefficient (Wildman–Crippen LogP) is 3.51. The number of rotatable bonds is 3. The zero-order valence-electron chi connectivity index (χ0n) is 12.3. The first-order valence-electron chi connectivity index (χ1n) is 6.85. The van der Waals surface area contributed by atoms with Gasteiger partial charge >= 0.3 is 0 Å². The highest BCUT2D eigenvalue weighted by atomic mass is 35.5. The van der Waals surface area contributed by atoms with Crippen molar-refractivity contribution in [2.45, 2.75) is 17.9 Å². The van der Waals surface area contributed by atoms with Crippen LogP contribution in [0.1, 0.15) is 6.92 Å². The van der Waals surface area contributed by atoms with Gasteiger partial charge in [-0.15, -0.1) is 0 Å². The van der Waals surface area contributed by atoms with Crippen molar-refractivity contribution in [3.63, 3.8) is 0 Å². The Morgan fingerprint density at radius 2 is 1.79 bits per heavy atom. The van der Waals surface area contributed by atoms with Crippen LogP contribution in [0, 0.1) is 0 Å². The highest BCUT2D eigenvalue weighted by molar-refractivity contribution is 7.92. The second kappa shape index (κ2) is 6.16. The fourth-order valence-corrected chi connectivity index (χ4v) is 3.94. The average Bonchev–Trinajstić information content (AvgIpc) is 2.47. The number of carbonyl (C=O) groups is 1. The number of nitrogens with one attached hydrogen (secondary N) is 2. The van der Waals surface area contributed by atoms with E-state index in [1.54, 1.807) is 13.0 Å². The topological polar surface area (TPSA) is 84.5 Å². The van der Waals surface area contributed by atoms with Crippen molar-refractivity contribution in [2.75, 3.05) is 10.0 Å². The maximum absolute atomic E-state index is 12.4. The molecule has 1 heterocycles. The Balaban J connectivity index is 1.91. The normalized spacial score (nSPS) is 16.8. The van der Waals surface area contributed by atoms with E-state index in [-0.39, 0.29) is 26.5 Å². The SMILES string of the molecule is C[C@H]1Oc2ccc(NS(=O)(=O)c3cc(Cl)cc(Cl)c3)cc2NC1=O. The Bertz CT molecular complexity index is 911. The largest absolute Gasteiger partial charge is 0.479 e. The molecule has 0 unspecified atom stereocenters. The number of ether oxygens (including phenoxy) is 1. The molecule has 0 aliphatic carbocycles. The van der Waals surface area contributed by atoms with Crippen molar-refractivity contribution in [1.29, 1.82) is 0 Å². The van der Waals surface area contributed by atoms with E-state index in [1.165, 1.54) is 30.3 Å². The maximum atomic E-state index is 12.4. The van der Waals surface area contributed by atoms with E-state index in [4.69, 9.17) is 27.9 Å². The van der Waals surface area contributed by atoms with Gasteiger partial charge in [-0.05, 0) is 43.3 Å². The zero-order chi connectivity index (χ0) is 17.5. The summed E-state index contributed by atoms with van der Waals surface area (Å²) >= 11 is 11.7. The molecule has 3 rings (SSSR count). The number of hydrogen-bond donors (Lipinski definition) is 2. The Hall–Kier alpha value is -1.96. The first kappa shape index (κ1) is 16.9. The number of carbonyl (C=O) groups excluding carboxylic acids is 1. The van der Waals surface area contributed by atoms with Crippen molar-refractivity contribution < 1.29 is 17.9 Å². The molecule has 2 N–H and O–H groups in total. The van der Waals surface area contributed by atoms with Gasteiger partial charge in [-0.25, -0.2) is 8.42 Å². The predicted molar refractivity (Wildman–Crippen MR) is 92.4 cm³/mol. The molecular formula is C15H12Cl2N2O4S. The van der Waals surface area contributed by atoms with E-state index in [1.807, 2.05) is 0 Å². The van der Waals surface area contributed by atoms with Gasteiger partial charge in [0.2, 0.25) is 0 Å². The number of amides is 1. The van der Waals surface area contributed by atoms with Crippen LogP contribution in [0.4, 0.5) is 11.4 Å². The fourth-order valence-electron chi connectivity index (χ4n) is 2.17. The third-order valence-corrected chi connectivity index (χ3v) is 5.11. The van der Waals surface area contributed by atoms with Crippen LogP contribution in [0.5, 0.6) is 5.75 Å². The molecule has 24 heavy (non-hydrogen) atoms. The highest BCUT2D eigenvalue weighted by Gasteiger charge is 2.24. The number of benzene rings is 2. The quantitative estimate of drug-likeness (QED) is 0.844. The molecule has 1 amide bonds. The van der Waals surface area contributed by atoms with E-state index in [0.29, 0.717) is 11.4 Å². The number of anilines is 2. The summed E-state index contributed by atoms with van der Waals surface area (Å²) in [7, 11) is -3.88. The van der Waals surface area contributed by atoms with Crippen LogP contribution in [-0.2, 0) is 14.8 Å². The molecule has 1 aliphatic heterocycles. The number of sulfonamides is 1. The molecule has 0 spiro atoms. The van der Waals surface area contributed by atoms with Crippen LogP contribution in [0.15, 0.2) is 41.3 Å². The van der Waals surface area contributed by atoms with Crippen LogP contribution < -0.4 is 14.8 Å². The molecular weight excluding hydrogens is 375 g/mol. The van der Waals surface area contributed by atoms with Crippen LogP contribution in [0.3, 0.4) is 0 Å². The molecule has 0 radical (unpaired) electrons. The summed E-state index contributed by atoms with van der Waals surface area (Å²) in [5.74, 6) is 0.167. The summed E-state index contributed by atoms with van der Waals surface area (Å²) in [6.45, 7) is 1.62. The molecule has 1 aliphatic rings. The summed E-state index contributed by atoms with van der Waals surface area (Å²) in [5.41, 5.74) is 0.658. The average molecular weight is 387 g/mol. The fraction of sp³-hybridized carbons (Fsp3) is 0.133. The van der Waals surface area contributed by atoms with Crippen molar-refractivity contribution >= 4 is 50.5 Å². The van der Waals surface area contributed by atoms with Crippen molar-refractivity contribution in [1.82, 2.24) is 0 Å². The first-order valence-corrected chi connectivity index (χ1v) is 9.09. The maximum Gasteiger partial charge on any atom is 0.265 e. The zero-order valence-corrected chi connectivity index (χ0v) is 14.7. The molecule has 0 bridgehead atoms. The van der Waals surface area contributed by atoms with E-state index < -0.39 is 16.1 Å². The van der Waals surface area contributed by atoms with E-state index in [2.05, 4.69) is 10.0 Å². The van der Waals surface area contributed by atoms with Crippen molar-refractivity contribution in [3.05, 3.63) is 46.4 Å².